The van der Waals surface area contributed by atoms with Gasteiger partial charge in [0.05, 0.1) is 0 Å². The van der Waals surface area contributed by atoms with Crippen LogP contribution in [0.2, 0.25) is 0 Å². The van der Waals surface area contributed by atoms with E-state index >= 15 is 0 Å². The summed E-state index contributed by atoms with van der Waals surface area (Å²) in [5.41, 5.74) is 0. The van der Waals surface area contributed by atoms with E-state index in [1.54, 1.807) is 0 Å². The van der Waals surface area contributed by atoms with Gasteiger partial charge in [-0.3, -0.25) is 0 Å². The van der Waals surface area contributed by atoms with Crippen molar-refractivity contribution in [2.24, 2.45) is 23.7 Å². The topological polar surface area (TPSA) is 9.23 Å². The molecule has 0 N–H and O–H groups in total. The van der Waals surface area contributed by atoms with Crippen molar-refractivity contribution in [3.8, 4) is 0 Å². The highest BCUT2D eigenvalue weighted by molar-refractivity contribution is 4.89. The quantitative estimate of drug-likeness (QED) is 0.698. The summed E-state index contributed by atoms with van der Waals surface area (Å²) < 4.78 is 6.01. The molecule has 1 heteroatoms. The van der Waals surface area contributed by atoms with E-state index in [1.807, 2.05) is 0 Å². The summed E-state index contributed by atoms with van der Waals surface area (Å²) in [6.07, 6.45) is 13.2. The monoisotopic (exact) mass is 222 g/mol. The first-order valence-electron chi connectivity index (χ1n) is 7.49. The minimum absolute atomic E-state index is 0.896. The summed E-state index contributed by atoms with van der Waals surface area (Å²) >= 11 is 0. The van der Waals surface area contributed by atoms with Crippen molar-refractivity contribution < 1.29 is 4.74 Å². The van der Waals surface area contributed by atoms with Gasteiger partial charge in [0.25, 0.3) is 0 Å². The highest BCUT2D eigenvalue weighted by Gasteiger charge is 2.39. The first-order valence-corrected chi connectivity index (χ1v) is 7.49. The molecule has 0 heterocycles. The van der Waals surface area contributed by atoms with Crippen LogP contribution in [0.1, 0.15) is 57.8 Å². The predicted molar refractivity (Wildman–Crippen MR) is 66.3 cm³/mol. The van der Waals surface area contributed by atoms with Gasteiger partial charge in [-0.05, 0) is 55.8 Å². The molecule has 92 valence electrons. The zero-order chi connectivity index (χ0) is 10.8. The molecule has 16 heavy (non-hydrogen) atoms. The minimum Gasteiger partial charge on any atom is -0.381 e. The second-order valence-corrected chi connectivity index (χ2v) is 6.48. The molecule has 0 saturated heterocycles. The fraction of sp³-hybridized carbons (Fsp3) is 1.00. The molecule has 0 spiro atoms. The second kappa shape index (κ2) is 5.08. The maximum absolute atomic E-state index is 6.01. The predicted octanol–water partition coefficient (Wildman–Crippen LogP) is 4.02. The van der Waals surface area contributed by atoms with Crippen molar-refractivity contribution in [1.29, 1.82) is 0 Å². The molecular weight excluding hydrogens is 196 g/mol. The lowest BCUT2D eigenvalue weighted by molar-refractivity contribution is 0.0459. The first kappa shape index (κ1) is 11.1. The van der Waals surface area contributed by atoms with Crippen LogP contribution >= 0.6 is 0 Å². The van der Waals surface area contributed by atoms with Crippen LogP contribution in [0.3, 0.4) is 0 Å². The molecule has 3 atom stereocenters. The van der Waals surface area contributed by atoms with Gasteiger partial charge >= 0.3 is 0 Å². The third-order valence-electron chi connectivity index (χ3n) is 5.29. The van der Waals surface area contributed by atoms with E-state index in [0.717, 1.165) is 36.9 Å². The van der Waals surface area contributed by atoms with Crippen LogP contribution in [0.5, 0.6) is 0 Å². The molecule has 2 bridgehead atoms. The standard InChI is InChI=1S/C15H26O/c1-2-4-12(5-3-1)10-16-11-15-9-13-6-7-14(15)8-13/h12-15H,1-11H2. The van der Waals surface area contributed by atoms with Crippen molar-refractivity contribution in [1.82, 2.24) is 0 Å². The summed E-state index contributed by atoms with van der Waals surface area (Å²) in [6, 6.07) is 0. The van der Waals surface area contributed by atoms with E-state index in [0.29, 0.717) is 0 Å². The third-order valence-corrected chi connectivity index (χ3v) is 5.29. The maximum atomic E-state index is 6.01. The second-order valence-electron chi connectivity index (χ2n) is 6.48. The van der Waals surface area contributed by atoms with Crippen LogP contribution in [-0.2, 0) is 4.74 Å². The van der Waals surface area contributed by atoms with Gasteiger partial charge in [-0.25, -0.2) is 0 Å². The molecule has 1 nitrogen and oxygen atoms in total. The number of hydrogen-bond acceptors (Lipinski definition) is 1. The van der Waals surface area contributed by atoms with Crippen LogP contribution in [0, 0.1) is 23.7 Å². The van der Waals surface area contributed by atoms with Crippen molar-refractivity contribution in [3.63, 3.8) is 0 Å². The Morgan fingerprint density at radius 2 is 1.69 bits per heavy atom. The normalized spacial score (nSPS) is 39.4. The van der Waals surface area contributed by atoms with E-state index in [-0.39, 0.29) is 0 Å². The van der Waals surface area contributed by atoms with E-state index in [1.165, 1.54) is 57.8 Å². The zero-order valence-corrected chi connectivity index (χ0v) is 10.5. The number of rotatable bonds is 4. The molecule has 0 aromatic heterocycles. The Bertz CT molecular complexity index is 219. The smallest absolute Gasteiger partial charge is 0.0497 e. The minimum atomic E-state index is 0.896. The zero-order valence-electron chi connectivity index (χ0n) is 10.5. The van der Waals surface area contributed by atoms with Gasteiger partial charge in [0.15, 0.2) is 0 Å². The van der Waals surface area contributed by atoms with Gasteiger partial charge in [-0.1, -0.05) is 25.7 Å². The molecule has 3 rings (SSSR count). The molecule has 0 aliphatic heterocycles. The van der Waals surface area contributed by atoms with Gasteiger partial charge in [0.2, 0.25) is 0 Å². The summed E-state index contributed by atoms with van der Waals surface area (Å²) in [5, 5.41) is 0. The van der Waals surface area contributed by atoms with Crippen molar-refractivity contribution in [3.05, 3.63) is 0 Å². The van der Waals surface area contributed by atoms with E-state index in [2.05, 4.69) is 0 Å². The molecule has 0 radical (unpaired) electrons. The summed E-state index contributed by atoms with van der Waals surface area (Å²) in [5.74, 6) is 3.94. The van der Waals surface area contributed by atoms with E-state index in [4.69, 9.17) is 4.74 Å². The molecule has 3 fully saturated rings. The fourth-order valence-electron chi connectivity index (χ4n) is 4.32. The number of fused-ring (bicyclic) bond motifs is 2. The van der Waals surface area contributed by atoms with Crippen molar-refractivity contribution >= 4 is 0 Å². The molecule has 0 aromatic carbocycles. The largest absolute Gasteiger partial charge is 0.381 e. The maximum Gasteiger partial charge on any atom is 0.0497 e. The Labute approximate surface area is 99.9 Å². The van der Waals surface area contributed by atoms with Crippen LogP contribution in [0.25, 0.3) is 0 Å². The Balaban J connectivity index is 1.34. The van der Waals surface area contributed by atoms with Gasteiger partial charge in [-0.2, -0.15) is 0 Å². The van der Waals surface area contributed by atoms with Crippen LogP contribution in [0.4, 0.5) is 0 Å². The average Bonchev–Trinajstić information content (AvgIpc) is 2.92. The van der Waals surface area contributed by atoms with Crippen LogP contribution in [0.15, 0.2) is 0 Å². The Morgan fingerprint density at radius 3 is 2.38 bits per heavy atom. The Kier molecular flexibility index (Phi) is 3.51. The van der Waals surface area contributed by atoms with Gasteiger partial charge in [-0.15, -0.1) is 0 Å². The lowest BCUT2D eigenvalue weighted by Gasteiger charge is -2.25. The van der Waals surface area contributed by atoms with Crippen molar-refractivity contribution in [2.45, 2.75) is 57.8 Å². The summed E-state index contributed by atoms with van der Waals surface area (Å²) in [6.45, 7) is 2.14. The lowest BCUT2D eigenvalue weighted by atomic mass is 9.89. The third kappa shape index (κ3) is 2.45. The summed E-state index contributed by atoms with van der Waals surface area (Å²) in [7, 11) is 0. The molecule has 0 aromatic rings. The first-order chi connectivity index (χ1) is 7.92. The highest BCUT2D eigenvalue weighted by Crippen LogP contribution is 2.48. The molecular formula is C15H26O. The average molecular weight is 222 g/mol. The fourth-order valence-corrected chi connectivity index (χ4v) is 4.32. The summed E-state index contributed by atoms with van der Waals surface area (Å²) in [4.78, 5) is 0. The highest BCUT2D eigenvalue weighted by atomic mass is 16.5. The Hall–Kier alpha value is -0.0400. The lowest BCUT2D eigenvalue weighted by Crippen LogP contribution is -2.20. The van der Waals surface area contributed by atoms with E-state index < -0.39 is 0 Å². The number of ether oxygens (including phenoxy) is 1. The molecule has 3 aliphatic carbocycles. The Morgan fingerprint density at radius 1 is 0.812 bits per heavy atom. The molecule has 3 saturated carbocycles. The molecule has 0 amide bonds. The van der Waals surface area contributed by atoms with Crippen LogP contribution in [-0.4, -0.2) is 13.2 Å². The van der Waals surface area contributed by atoms with Gasteiger partial charge in [0.1, 0.15) is 0 Å². The molecule has 3 aliphatic rings. The van der Waals surface area contributed by atoms with Crippen LogP contribution < -0.4 is 0 Å². The number of hydrogen-bond donors (Lipinski definition) is 0. The van der Waals surface area contributed by atoms with E-state index in [9.17, 15) is 0 Å². The van der Waals surface area contributed by atoms with Gasteiger partial charge < -0.3 is 4.74 Å². The van der Waals surface area contributed by atoms with Gasteiger partial charge in [0, 0.05) is 13.2 Å². The molecule has 3 unspecified atom stereocenters. The van der Waals surface area contributed by atoms with Crippen molar-refractivity contribution in [2.75, 3.05) is 13.2 Å². The SMILES string of the molecule is C1CCC(COCC2CC3CCC2C3)CC1.